The molecular formula is C20H26N4O. The Bertz CT molecular complexity index is 935. The number of para-hydroxylation sites is 1. The SMILES string of the molecule is Cc1nn(C)c(C)c1C(C)N(C)C(=O)Cc1cn(C)c2ccccc12. The number of benzene rings is 1. The van der Waals surface area contributed by atoms with Crippen LogP contribution in [0.4, 0.5) is 0 Å². The van der Waals surface area contributed by atoms with Gasteiger partial charge in [0.15, 0.2) is 0 Å². The highest BCUT2D eigenvalue weighted by molar-refractivity contribution is 5.89. The van der Waals surface area contributed by atoms with Gasteiger partial charge in [0.1, 0.15) is 0 Å². The molecule has 1 amide bonds. The van der Waals surface area contributed by atoms with Crippen molar-refractivity contribution in [2.75, 3.05) is 7.05 Å². The number of carbonyl (C=O) groups excluding carboxylic acids is 1. The number of aryl methyl sites for hydroxylation is 3. The first-order chi connectivity index (χ1) is 11.8. The first-order valence-electron chi connectivity index (χ1n) is 8.60. The van der Waals surface area contributed by atoms with Gasteiger partial charge in [-0.15, -0.1) is 0 Å². The Morgan fingerprint density at radius 1 is 1.24 bits per heavy atom. The van der Waals surface area contributed by atoms with Gasteiger partial charge >= 0.3 is 0 Å². The van der Waals surface area contributed by atoms with Crippen molar-refractivity contribution in [3.8, 4) is 0 Å². The number of hydrogen-bond donors (Lipinski definition) is 0. The number of amides is 1. The van der Waals surface area contributed by atoms with E-state index >= 15 is 0 Å². The van der Waals surface area contributed by atoms with Gasteiger partial charge in [0.2, 0.25) is 5.91 Å². The van der Waals surface area contributed by atoms with Gasteiger partial charge in [0, 0.05) is 49.5 Å². The van der Waals surface area contributed by atoms with E-state index in [2.05, 4.69) is 41.8 Å². The summed E-state index contributed by atoms with van der Waals surface area (Å²) in [6.45, 7) is 6.12. The molecule has 0 aliphatic carbocycles. The van der Waals surface area contributed by atoms with E-state index in [0.717, 1.165) is 33.4 Å². The fourth-order valence-electron chi connectivity index (χ4n) is 3.66. The van der Waals surface area contributed by atoms with Crippen LogP contribution in [0.3, 0.4) is 0 Å². The molecule has 25 heavy (non-hydrogen) atoms. The van der Waals surface area contributed by atoms with E-state index in [-0.39, 0.29) is 11.9 Å². The first kappa shape index (κ1) is 17.3. The maximum atomic E-state index is 12.9. The highest BCUT2D eigenvalue weighted by Crippen LogP contribution is 2.27. The van der Waals surface area contributed by atoms with Crippen LogP contribution in [0, 0.1) is 13.8 Å². The minimum Gasteiger partial charge on any atom is -0.350 e. The van der Waals surface area contributed by atoms with E-state index in [0.29, 0.717) is 6.42 Å². The molecule has 1 unspecified atom stereocenters. The Morgan fingerprint density at radius 3 is 2.56 bits per heavy atom. The van der Waals surface area contributed by atoms with Crippen LogP contribution in [0.25, 0.3) is 10.9 Å². The molecule has 0 aliphatic heterocycles. The Morgan fingerprint density at radius 2 is 1.92 bits per heavy atom. The van der Waals surface area contributed by atoms with E-state index in [1.807, 2.05) is 49.8 Å². The molecule has 3 aromatic rings. The molecule has 2 aromatic heterocycles. The highest BCUT2D eigenvalue weighted by Gasteiger charge is 2.24. The summed E-state index contributed by atoms with van der Waals surface area (Å²) in [5, 5.41) is 5.62. The second-order valence-electron chi connectivity index (χ2n) is 6.85. The Balaban J connectivity index is 1.85. The number of rotatable bonds is 4. The molecule has 0 fully saturated rings. The number of hydrogen-bond acceptors (Lipinski definition) is 2. The topological polar surface area (TPSA) is 43.1 Å². The predicted octanol–water partition coefficient (Wildman–Crippen LogP) is 3.29. The van der Waals surface area contributed by atoms with Crippen LogP contribution >= 0.6 is 0 Å². The number of nitrogens with zero attached hydrogens (tertiary/aromatic N) is 4. The largest absolute Gasteiger partial charge is 0.350 e. The summed E-state index contributed by atoms with van der Waals surface area (Å²) in [5.74, 6) is 0.117. The van der Waals surface area contributed by atoms with E-state index < -0.39 is 0 Å². The molecule has 0 N–H and O–H groups in total. The molecule has 0 saturated carbocycles. The fraction of sp³-hybridized carbons (Fsp3) is 0.400. The van der Waals surface area contributed by atoms with Crippen LogP contribution in [0.15, 0.2) is 30.5 Å². The van der Waals surface area contributed by atoms with Crippen LogP contribution in [0.2, 0.25) is 0 Å². The number of fused-ring (bicyclic) bond motifs is 1. The summed E-state index contributed by atoms with van der Waals surface area (Å²) in [7, 11) is 5.84. The van der Waals surface area contributed by atoms with Crippen molar-refractivity contribution in [1.82, 2.24) is 19.2 Å². The zero-order valence-corrected chi connectivity index (χ0v) is 15.9. The second-order valence-corrected chi connectivity index (χ2v) is 6.85. The maximum Gasteiger partial charge on any atom is 0.227 e. The lowest BCUT2D eigenvalue weighted by Gasteiger charge is -2.25. The molecule has 1 aromatic carbocycles. The average Bonchev–Trinajstić information content (AvgIpc) is 3.03. The molecule has 2 heterocycles. The third kappa shape index (κ3) is 2.95. The Kier molecular flexibility index (Phi) is 4.41. The number of aromatic nitrogens is 3. The third-order valence-electron chi connectivity index (χ3n) is 5.28. The minimum absolute atomic E-state index is 0.00354. The van der Waals surface area contributed by atoms with Crippen molar-refractivity contribution in [2.24, 2.45) is 14.1 Å². The van der Waals surface area contributed by atoms with Crippen molar-refractivity contribution in [1.29, 1.82) is 0 Å². The summed E-state index contributed by atoms with van der Waals surface area (Å²) in [6, 6.07) is 8.20. The van der Waals surface area contributed by atoms with Gasteiger partial charge in [-0.2, -0.15) is 5.10 Å². The Hall–Kier alpha value is -2.56. The molecule has 3 rings (SSSR count). The summed E-state index contributed by atoms with van der Waals surface area (Å²) in [6.07, 6.45) is 2.46. The standard InChI is InChI=1S/C20H26N4O/c1-13-20(15(3)24(6)21-13)14(2)23(5)19(25)11-16-12-22(4)18-10-8-7-9-17(16)18/h7-10,12,14H,11H2,1-6H3. The molecule has 132 valence electrons. The molecule has 0 radical (unpaired) electrons. The van der Waals surface area contributed by atoms with Gasteiger partial charge in [-0.25, -0.2) is 0 Å². The van der Waals surface area contributed by atoms with Crippen LogP contribution < -0.4 is 0 Å². The van der Waals surface area contributed by atoms with E-state index in [1.165, 1.54) is 0 Å². The van der Waals surface area contributed by atoms with Crippen molar-refractivity contribution >= 4 is 16.8 Å². The van der Waals surface area contributed by atoms with E-state index in [1.54, 1.807) is 0 Å². The van der Waals surface area contributed by atoms with Crippen LogP contribution in [0.1, 0.15) is 35.5 Å². The van der Waals surface area contributed by atoms with E-state index in [9.17, 15) is 4.79 Å². The van der Waals surface area contributed by atoms with Crippen molar-refractivity contribution in [3.63, 3.8) is 0 Å². The van der Waals surface area contributed by atoms with Crippen molar-refractivity contribution in [2.45, 2.75) is 33.2 Å². The van der Waals surface area contributed by atoms with Crippen molar-refractivity contribution < 1.29 is 4.79 Å². The van der Waals surface area contributed by atoms with Gasteiger partial charge in [-0.1, -0.05) is 18.2 Å². The molecule has 1 atom stereocenters. The normalized spacial score (nSPS) is 12.6. The summed E-state index contributed by atoms with van der Waals surface area (Å²) < 4.78 is 3.96. The first-order valence-corrected chi connectivity index (χ1v) is 8.60. The van der Waals surface area contributed by atoms with Crippen LogP contribution in [-0.2, 0) is 25.3 Å². The lowest BCUT2D eigenvalue weighted by molar-refractivity contribution is -0.131. The quantitative estimate of drug-likeness (QED) is 0.732. The van der Waals surface area contributed by atoms with Crippen LogP contribution in [0.5, 0.6) is 0 Å². The molecule has 0 bridgehead atoms. The lowest BCUT2D eigenvalue weighted by atomic mass is 10.0. The predicted molar refractivity (Wildman–Crippen MR) is 100 cm³/mol. The van der Waals surface area contributed by atoms with Gasteiger partial charge < -0.3 is 9.47 Å². The molecule has 0 spiro atoms. The summed E-state index contributed by atoms with van der Waals surface area (Å²) in [4.78, 5) is 14.7. The van der Waals surface area contributed by atoms with Crippen molar-refractivity contribution in [3.05, 3.63) is 53.0 Å². The molecule has 5 heteroatoms. The highest BCUT2D eigenvalue weighted by atomic mass is 16.2. The third-order valence-corrected chi connectivity index (χ3v) is 5.28. The van der Waals surface area contributed by atoms with Gasteiger partial charge in [-0.3, -0.25) is 9.48 Å². The summed E-state index contributed by atoms with van der Waals surface area (Å²) in [5.41, 5.74) is 5.45. The zero-order valence-electron chi connectivity index (χ0n) is 15.9. The lowest BCUT2D eigenvalue weighted by Crippen LogP contribution is -2.31. The second kappa shape index (κ2) is 6.39. The maximum absolute atomic E-state index is 12.9. The van der Waals surface area contributed by atoms with E-state index in [4.69, 9.17) is 0 Å². The van der Waals surface area contributed by atoms with Crippen LogP contribution in [-0.4, -0.2) is 32.2 Å². The Labute approximate surface area is 148 Å². The van der Waals surface area contributed by atoms with Gasteiger partial charge in [0.05, 0.1) is 18.2 Å². The zero-order chi connectivity index (χ0) is 18.3. The molecule has 5 nitrogen and oxygen atoms in total. The number of carbonyl (C=O) groups is 1. The monoisotopic (exact) mass is 338 g/mol. The van der Waals surface area contributed by atoms with Gasteiger partial charge in [0.25, 0.3) is 0 Å². The molecule has 0 saturated heterocycles. The van der Waals surface area contributed by atoms with Gasteiger partial charge in [-0.05, 0) is 32.4 Å². The molecule has 0 aliphatic rings. The average molecular weight is 338 g/mol. The smallest absolute Gasteiger partial charge is 0.227 e. The molecular weight excluding hydrogens is 312 g/mol. The number of likely N-dealkylation sites (N-methyl/N-ethyl adjacent to an activating group) is 1. The minimum atomic E-state index is -0.00354. The fourth-order valence-corrected chi connectivity index (χ4v) is 3.66. The summed E-state index contributed by atoms with van der Waals surface area (Å²) >= 11 is 0.